The molecule has 1 aliphatic rings. The Morgan fingerprint density at radius 3 is 2.86 bits per heavy atom. The van der Waals surface area contributed by atoms with Crippen LogP contribution in [0.3, 0.4) is 0 Å². The molecule has 0 aliphatic carbocycles. The van der Waals surface area contributed by atoms with Crippen molar-refractivity contribution in [2.45, 2.75) is 18.4 Å². The molecule has 1 aromatic carbocycles. The van der Waals surface area contributed by atoms with Crippen LogP contribution in [-0.4, -0.2) is 47.1 Å². The fourth-order valence-electron chi connectivity index (χ4n) is 2.27. The third-order valence-corrected chi connectivity index (χ3v) is 3.82. The predicted octanol–water partition coefficient (Wildman–Crippen LogP) is 0.697. The Bertz CT molecular complexity index is 598. The van der Waals surface area contributed by atoms with E-state index in [0.29, 0.717) is 13.0 Å². The SMILES string of the molecule is NC(=O)C1(O)CCCN(C(=O)COc2ccc(F)cc2Cl)C1. The second-order valence-electron chi connectivity index (χ2n) is 5.18. The van der Waals surface area contributed by atoms with Crippen molar-refractivity contribution in [3.05, 3.63) is 29.0 Å². The number of rotatable bonds is 4. The van der Waals surface area contributed by atoms with Gasteiger partial charge in [0, 0.05) is 6.54 Å². The fourth-order valence-corrected chi connectivity index (χ4v) is 2.50. The number of ether oxygens (including phenoxy) is 1. The van der Waals surface area contributed by atoms with E-state index >= 15 is 0 Å². The minimum atomic E-state index is -1.71. The van der Waals surface area contributed by atoms with Crippen LogP contribution in [0.25, 0.3) is 0 Å². The first-order valence-corrected chi connectivity index (χ1v) is 7.07. The third kappa shape index (κ3) is 3.66. The number of hydrogen-bond donors (Lipinski definition) is 2. The molecule has 1 saturated heterocycles. The zero-order chi connectivity index (χ0) is 16.3. The lowest BCUT2D eigenvalue weighted by atomic mass is 9.92. The minimum absolute atomic E-state index is 0.0556. The molecule has 0 radical (unpaired) electrons. The van der Waals surface area contributed by atoms with Gasteiger partial charge in [-0.3, -0.25) is 9.59 Å². The summed E-state index contributed by atoms with van der Waals surface area (Å²) in [4.78, 5) is 24.6. The highest BCUT2D eigenvalue weighted by Gasteiger charge is 2.40. The molecule has 0 bridgehead atoms. The summed E-state index contributed by atoms with van der Waals surface area (Å²) >= 11 is 5.79. The van der Waals surface area contributed by atoms with Crippen molar-refractivity contribution in [3.63, 3.8) is 0 Å². The number of carbonyl (C=O) groups excluding carboxylic acids is 2. The number of nitrogens with zero attached hydrogens (tertiary/aromatic N) is 1. The van der Waals surface area contributed by atoms with Crippen LogP contribution >= 0.6 is 11.6 Å². The van der Waals surface area contributed by atoms with Crippen LogP contribution in [-0.2, 0) is 9.59 Å². The Morgan fingerprint density at radius 2 is 2.23 bits per heavy atom. The molecule has 0 aromatic heterocycles. The summed E-state index contributed by atoms with van der Waals surface area (Å²) in [6.45, 7) is -0.100. The normalized spacial score (nSPS) is 21.5. The second kappa shape index (κ2) is 6.50. The molecular formula is C14H16ClFN2O4. The van der Waals surface area contributed by atoms with E-state index in [9.17, 15) is 19.1 Å². The summed E-state index contributed by atoms with van der Waals surface area (Å²) in [7, 11) is 0. The van der Waals surface area contributed by atoms with Gasteiger partial charge in [0.15, 0.2) is 12.2 Å². The molecule has 8 heteroatoms. The van der Waals surface area contributed by atoms with Crippen LogP contribution in [0, 0.1) is 5.82 Å². The summed E-state index contributed by atoms with van der Waals surface area (Å²) in [6, 6.07) is 3.56. The van der Waals surface area contributed by atoms with E-state index < -0.39 is 23.2 Å². The van der Waals surface area contributed by atoms with E-state index in [-0.39, 0.29) is 30.3 Å². The molecule has 1 unspecified atom stereocenters. The van der Waals surface area contributed by atoms with Crippen LogP contribution in [0.2, 0.25) is 5.02 Å². The standard InChI is InChI=1S/C14H16ClFN2O4/c15-10-6-9(16)2-3-11(10)22-7-12(19)18-5-1-4-14(21,8-18)13(17)20/h2-3,6,21H,1,4-5,7-8H2,(H2,17,20). The second-order valence-corrected chi connectivity index (χ2v) is 5.59. The average Bonchev–Trinajstić information content (AvgIpc) is 2.46. The summed E-state index contributed by atoms with van der Waals surface area (Å²) in [5, 5.41) is 10.1. The number of carbonyl (C=O) groups is 2. The first-order valence-electron chi connectivity index (χ1n) is 6.70. The van der Waals surface area contributed by atoms with Crippen molar-refractivity contribution < 1.29 is 23.8 Å². The highest BCUT2D eigenvalue weighted by Crippen LogP contribution is 2.25. The van der Waals surface area contributed by atoms with Gasteiger partial charge in [0.2, 0.25) is 0 Å². The highest BCUT2D eigenvalue weighted by molar-refractivity contribution is 6.32. The molecular weight excluding hydrogens is 315 g/mol. The maximum atomic E-state index is 12.9. The molecule has 1 fully saturated rings. The van der Waals surface area contributed by atoms with Gasteiger partial charge in [-0.15, -0.1) is 0 Å². The Hall–Kier alpha value is -1.86. The number of aliphatic hydroxyl groups is 1. The molecule has 0 saturated carbocycles. The van der Waals surface area contributed by atoms with Crippen LogP contribution < -0.4 is 10.5 Å². The average molecular weight is 331 g/mol. The number of primary amides is 1. The van der Waals surface area contributed by atoms with Crippen LogP contribution in [0.5, 0.6) is 5.75 Å². The number of likely N-dealkylation sites (tertiary alicyclic amines) is 1. The number of hydrogen-bond acceptors (Lipinski definition) is 4. The zero-order valence-corrected chi connectivity index (χ0v) is 12.5. The lowest BCUT2D eigenvalue weighted by Gasteiger charge is -2.36. The number of nitrogens with two attached hydrogens (primary N) is 1. The van der Waals surface area contributed by atoms with Crippen molar-refractivity contribution in [2.24, 2.45) is 5.73 Å². The zero-order valence-electron chi connectivity index (χ0n) is 11.7. The molecule has 1 aromatic rings. The predicted molar refractivity (Wildman–Crippen MR) is 76.9 cm³/mol. The molecule has 1 heterocycles. The Labute approximate surface area is 131 Å². The van der Waals surface area contributed by atoms with E-state index in [1.807, 2.05) is 0 Å². The van der Waals surface area contributed by atoms with Crippen molar-refractivity contribution in [1.82, 2.24) is 4.90 Å². The van der Waals surface area contributed by atoms with Gasteiger partial charge in [0.05, 0.1) is 11.6 Å². The van der Waals surface area contributed by atoms with Gasteiger partial charge in [-0.1, -0.05) is 11.6 Å². The Balaban J connectivity index is 1.96. The van der Waals surface area contributed by atoms with Crippen molar-refractivity contribution in [3.8, 4) is 5.75 Å². The molecule has 0 spiro atoms. The summed E-state index contributed by atoms with van der Waals surface area (Å²) in [6.07, 6.45) is 0.680. The number of piperidine rings is 1. The minimum Gasteiger partial charge on any atom is -0.482 e. The largest absolute Gasteiger partial charge is 0.482 e. The topological polar surface area (TPSA) is 92.9 Å². The number of benzene rings is 1. The molecule has 22 heavy (non-hydrogen) atoms. The van der Waals surface area contributed by atoms with Gasteiger partial charge < -0.3 is 20.5 Å². The van der Waals surface area contributed by atoms with E-state index in [1.54, 1.807) is 0 Å². The number of β-amino-alcohol motifs (C(OH)–C–C–N with tert-alkyl or cyclic N) is 1. The number of amides is 2. The summed E-state index contributed by atoms with van der Waals surface area (Å²) in [5.74, 6) is -1.60. The smallest absolute Gasteiger partial charge is 0.260 e. The van der Waals surface area contributed by atoms with Gasteiger partial charge in [0.25, 0.3) is 11.8 Å². The van der Waals surface area contributed by atoms with Crippen molar-refractivity contribution >= 4 is 23.4 Å². The molecule has 1 aliphatic heterocycles. The highest BCUT2D eigenvalue weighted by atomic mass is 35.5. The van der Waals surface area contributed by atoms with Gasteiger partial charge in [0.1, 0.15) is 11.6 Å². The van der Waals surface area contributed by atoms with Crippen LogP contribution in [0.15, 0.2) is 18.2 Å². The summed E-state index contributed by atoms with van der Waals surface area (Å²) < 4.78 is 18.2. The lowest BCUT2D eigenvalue weighted by molar-refractivity contribution is -0.150. The fraction of sp³-hybridized carbons (Fsp3) is 0.429. The maximum Gasteiger partial charge on any atom is 0.260 e. The third-order valence-electron chi connectivity index (χ3n) is 3.53. The molecule has 6 nitrogen and oxygen atoms in total. The molecule has 120 valence electrons. The summed E-state index contributed by atoms with van der Waals surface area (Å²) in [5.41, 5.74) is 3.44. The van der Waals surface area contributed by atoms with Crippen molar-refractivity contribution in [2.75, 3.05) is 19.7 Å². The van der Waals surface area contributed by atoms with E-state index in [0.717, 1.165) is 6.07 Å². The first kappa shape index (κ1) is 16.5. The van der Waals surface area contributed by atoms with Gasteiger partial charge in [-0.05, 0) is 31.0 Å². The number of halogens is 2. The Kier molecular flexibility index (Phi) is 4.87. The van der Waals surface area contributed by atoms with Crippen LogP contribution in [0.4, 0.5) is 4.39 Å². The van der Waals surface area contributed by atoms with E-state index in [2.05, 4.69) is 0 Å². The van der Waals surface area contributed by atoms with Gasteiger partial charge >= 0.3 is 0 Å². The molecule has 1 atom stereocenters. The van der Waals surface area contributed by atoms with E-state index in [1.165, 1.54) is 17.0 Å². The Morgan fingerprint density at radius 1 is 1.50 bits per heavy atom. The monoisotopic (exact) mass is 330 g/mol. The van der Waals surface area contributed by atoms with Crippen LogP contribution in [0.1, 0.15) is 12.8 Å². The van der Waals surface area contributed by atoms with Gasteiger partial charge in [-0.2, -0.15) is 0 Å². The van der Waals surface area contributed by atoms with E-state index in [4.69, 9.17) is 22.1 Å². The first-order chi connectivity index (χ1) is 10.3. The molecule has 3 N–H and O–H groups in total. The molecule has 2 amide bonds. The molecule has 2 rings (SSSR count). The lowest BCUT2D eigenvalue weighted by Crippen LogP contribution is -2.57. The quantitative estimate of drug-likeness (QED) is 0.849. The van der Waals surface area contributed by atoms with Gasteiger partial charge in [-0.25, -0.2) is 4.39 Å². The van der Waals surface area contributed by atoms with Crippen molar-refractivity contribution in [1.29, 1.82) is 0 Å². The maximum absolute atomic E-state index is 12.9.